The lowest BCUT2D eigenvalue weighted by molar-refractivity contribution is -0.129. The largest absolute Gasteiger partial charge is 0.371 e. The molecule has 124 valence electrons. The molecule has 0 N–H and O–H groups in total. The summed E-state index contributed by atoms with van der Waals surface area (Å²) in [4.78, 5) is 26.8. The van der Waals surface area contributed by atoms with Gasteiger partial charge in [0.05, 0.1) is 18.8 Å². The SMILES string of the molecule is CN1CCN(c2cc(N3CCOC4(CCC4)C3)ncn2)CC1=O. The minimum atomic E-state index is 0.0488. The summed E-state index contributed by atoms with van der Waals surface area (Å²) in [5, 5.41) is 0. The van der Waals surface area contributed by atoms with Crippen LogP contribution in [0.2, 0.25) is 0 Å². The van der Waals surface area contributed by atoms with Gasteiger partial charge in [-0.05, 0) is 19.3 Å². The van der Waals surface area contributed by atoms with E-state index >= 15 is 0 Å². The molecule has 3 heterocycles. The van der Waals surface area contributed by atoms with Crippen LogP contribution in [0.4, 0.5) is 11.6 Å². The van der Waals surface area contributed by atoms with Crippen LogP contribution in [0, 0.1) is 0 Å². The van der Waals surface area contributed by atoms with E-state index in [1.54, 1.807) is 11.2 Å². The van der Waals surface area contributed by atoms with E-state index in [2.05, 4.69) is 14.9 Å². The van der Waals surface area contributed by atoms with Gasteiger partial charge in [-0.15, -0.1) is 0 Å². The molecule has 7 nitrogen and oxygen atoms in total. The monoisotopic (exact) mass is 317 g/mol. The summed E-state index contributed by atoms with van der Waals surface area (Å²) in [5.74, 6) is 1.91. The van der Waals surface area contributed by atoms with Gasteiger partial charge in [0.15, 0.2) is 0 Å². The van der Waals surface area contributed by atoms with Crippen LogP contribution in [0.25, 0.3) is 0 Å². The van der Waals surface area contributed by atoms with E-state index in [4.69, 9.17) is 4.74 Å². The molecule has 3 fully saturated rings. The van der Waals surface area contributed by atoms with E-state index in [-0.39, 0.29) is 11.5 Å². The Morgan fingerprint density at radius 3 is 2.61 bits per heavy atom. The Hall–Kier alpha value is -1.89. The number of hydrogen-bond acceptors (Lipinski definition) is 6. The third-order valence-corrected chi connectivity index (χ3v) is 5.26. The number of piperazine rings is 1. The molecule has 0 atom stereocenters. The molecule has 3 aliphatic rings. The fourth-order valence-corrected chi connectivity index (χ4v) is 3.55. The van der Waals surface area contributed by atoms with Crippen LogP contribution in [0.3, 0.4) is 0 Å². The number of hydrogen-bond donors (Lipinski definition) is 0. The average molecular weight is 317 g/mol. The van der Waals surface area contributed by atoms with E-state index in [1.807, 2.05) is 18.0 Å². The van der Waals surface area contributed by atoms with Crippen molar-refractivity contribution >= 4 is 17.5 Å². The molecule has 0 radical (unpaired) electrons. The summed E-state index contributed by atoms with van der Waals surface area (Å²) >= 11 is 0. The van der Waals surface area contributed by atoms with E-state index in [1.165, 1.54) is 6.42 Å². The quantitative estimate of drug-likeness (QED) is 0.792. The zero-order valence-electron chi connectivity index (χ0n) is 13.6. The first-order valence-corrected chi connectivity index (χ1v) is 8.35. The number of nitrogens with zero attached hydrogens (tertiary/aromatic N) is 5. The summed E-state index contributed by atoms with van der Waals surface area (Å²) in [6.07, 6.45) is 5.16. The second-order valence-corrected chi connectivity index (χ2v) is 6.78. The van der Waals surface area contributed by atoms with Gasteiger partial charge in [-0.3, -0.25) is 4.79 Å². The molecule has 0 unspecified atom stereocenters. The number of carbonyl (C=O) groups excluding carboxylic acids is 1. The summed E-state index contributed by atoms with van der Waals surface area (Å²) in [6.45, 7) is 4.46. The summed E-state index contributed by atoms with van der Waals surface area (Å²) in [5.41, 5.74) is 0.0488. The van der Waals surface area contributed by atoms with Crippen LogP contribution in [0.5, 0.6) is 0 Å². The van der Waals surface area contributed by atoms with Crippen LogP contribution in [-0.4, -0.2) is 72.8 Å². The number of amides is 1. The second-order valence-electron chi connectivity index (χ2n) is 6.78. The molecule has 2 aliphatic heterocycles. The average Bonchev–Trinajstić information content (AvgIpc) is 2.56. The van der Waals surface area contributed by atoms with Gasteiger partial charge in [0, 0.05) is 39.3 Å². The maximum Gasteiger partial charge on any atom is 0.241 e. The van der Waals surface area contributed by atoms with Gasteiger partial charge in [0.25, 0.3) is 0 Å². The smallest absolute Gasteiger partial charge is 0.241 e. The van der Waals surface area contributed by atoms with Gasteiger partial charge in [0.2, 0.25) is 5.91 Å². The molecule has 1 spiro atoms. The first-order valence-electron chi connectivity index (χ1n) is 8.35. The van der Waals surface area contributed by atoms with E-state index in [0.717, 1.165) is 57.3 Å². The topological polar surface area (TPSA) is 61.8 Å². The Labute approximate surface area is 136 Å². The van der Waals surface area contributed by atoms with Crippen molar-refractivity contribution in [1.82, 2.24) is 14.9 Å². The maximum absolute atomic E-state index is 11.9. The van der Waals surface area contributed by atoms with Crippen LogP contribution in [-0.2, 0) is 9.53 Å². The molecule has 1 aromatic rings. The Balaban J connectivity index is 1.51. The molecule has 7 heteroatoms. The van der Waals surface area contributed by atoms with Gasteiger partial charge in [0.1, 0.15) is 18.0 Å². The van der Waals surface area contributed by atoms with Gasteiger partial charge < -0.3 is 19.4 Å². The lowest BCUT2D eigenvalue weighted by Crippen LogP contribution is -2.56. The van der Waals surface area contributed by atoms with Crippen molar-refractivity contribution in [2.24, 2.45) is 0 Å². The third-order valence-electron chi connectivity index (χ3n) is 5.26. The number of rotatable bonds is 2. The van der Waals surface area contributed by atoms with Crippen LogP contribution in [0.15, 0.2) is 12.4 Å². The van der Waals surface area contributed by atoms with Crippen molar-refractivity contribution in [3.8, 4) is 0 Å². The third kappa shape index (κ3) is 2.73. The zero-order valence-corrected chi connectivity index (χ0v) is 13.6. The van der Waals surface area contributed by atoms with Crippen molar-refractivity contribution in [3.63, 3.8) is 0 Å². The highest BCUT2D eigenvalue weighted by molar-refractivity contribution is 5.82. The van der Waals surface area contributed by atoms with Crippen LogP contribution in [0.1, 0.15) is 19.3 Å². The number of morpholine rings is 1. The lowest BCUT2D eigenvalue weighted by atomic mass is 9.79. The van der Waals surface area contributed by atoms with Crippen molar-refractivity contribution in [2.75, 3.05) is 56.2 Å². The molecule has 23 heavy (non-hydrogen) atoms. The number of likely N-dealkylation sites (N-methyl/N-ethyl adjacent to an activating group) is 1. The molecule has 0 aromatic carbocycles. The Morgan fingerprint density at radius 1 is 1.13 bits per heavy atom. The molecule has 1 amide bonds. The Bertz CT molecular complexity index is 604. The molecule has 1 aromatic heterocycles. The molecular formula is C16H23N5O2. The Morgan fingerprint density at radius 2 is 1.91 bits per heavy atom. The highest BCUT2D eigenvalue weighted by Crippen LogP contribution is 2.39. The van der Waals surface area contributed by atoms with E-state index in [0.29, 0.717) is 6.54 Å². The van der Waals surface area contributed by atoms with Crippen molar-refractivity contribution in [2.45, 2.75) is 24.9 Å². The maximum atomic E-state index is 11.9. The summed E-state index contributed by atoms with van der Waals surface area (Å²) < 4.78 is 5.98. The minimum Gasteiger partial charge on any atom is -0.371 e. The van der Waals surface area contributed by atoms with Crippen LogP contribution >= 0.6 is 0 Å². The number of aromatic nitrogens is 2. The van der Waals surface area contributed by atoms with Crippen molar-refractivity contribution < 1.29 is 9.53 Å². The fraction of sp³-hybridized carbons (Fsp3) is 0.688. The molecule has 2 saturated heterocycles. The second kappa shape index (κ2) is 5.63. The van der Waals surface area contributed by atoms with Gasteiger partial charge in [-0.2, -0.15) is 0 Å². The molecule has 1 aliphatic carbocycles. The zero-order chi connectivity index (χ0) is 15.9. The predicted molar refractivity (Wildman–Crippen MR) is 86.6 cm³/mol. The standard InChI is InChI=1S/C16H23N5O2/c1-19-5-6-20(10-15(19)22)13-9-14(18-12-17-13)21-7-8-23-16(11-21)3-2-4-16/h9,12H,2-8,10-11H2,1H3. The highest BCUT2D eigenvalue weighted by Gasteiger charge is 2.42. The molecular weight excluding hydrogens is 294 g/mol. The molecule has 1 saturated carbocycles. The number of ether oxygens (including phenoxy) is 1. The van der Waals surface area contributed by atoms with Gasteiger partial charge in [-0.1, -0.05) is 0 Å². The van der Waals surface area contributed by atoms with Gasteiger partial charge in [-0.25, -0.2) is 9.97 Å². The minimum absolute atomic E-state index is 0.0488. The molecule has 0 bridgehead atoms. The normalized spacial score (nSPS) is 24.0. The fourth-order valence-electron chi connectivity index (χ4n) is 3.55. The summed E-state index contributed by atoms with van der Waals surface area (Å²) in [6, 6.07) is 2.01. The van der Waals surface area contributed by atoms with Crippen molar-refractivity contribution in [1.29, 1.82) is 0 Å². The summed E-state index contributed by atoms with van der Waals surface area (Å²) in [7, 11) is 1.84. The first-order chi connectivity index (χ1) is 11.2. The number of anilines is 2. The number of carbonyl (C=O) groups is 1. The lowest BCUT2D eigenvalue weighted by Gasteiger charge is -2.48. The van der Waals surface area contributed by atoms with Gasteiger partial charge >= 0.3 is 0 Å². The highest BCUT2D eigenvalue weighted by atomic mass is 16.5. The van der Waals surface area contributed by atoms with Crippen LogP contribution < -0.4 is 9.80 Å². The van der Waals surface area contributed by atoms with E-state index < -0.39 is 0 Å². The first kappa shape index (κ1) is 14.7. The predicted octanol–water partition coefficient (Wildman–Crippen LogP) is 0.514. The van der Waals surface area contributed by atoms with Crippen molar-refractivity contribution in [3.05, 3.63) is 12.4 Å². The molecule has 4 rings (SSSR count). The van der Waals surface area contributed by atoms with E-state index in [9.17, 15) is 4.79 Å². The Kier molecular flexibility index (Phi) is 3.60.